The van der Waals surface area contributed by atoms with Gasteiger partial charge in [0.1, 0.15) is 0 Å². The zero-order valence-corrected chi connectivity index (χ0v) is 15.6. The SMILES string of the molecule is CCCCC(CC)C(=O)N1CCC(Cc2ccc3c(c2)OCO3)CC1. The highest BCUT2D eigenvalue weighted by atomic mass is 16.7. The number of nitrogens with zero attached hydrogens (tertiary/aromatic N) is 1. The average Bonchev–Trinajstić information content (AvgIpc) is 3.10. The quantitative estimate of drug-likeness (QED) is 0.734. The van der Waals surface area contributed by atoms with E-state index >= 15 is 0 Å². The molecule has 1 aromatic carbocycles. The third kappa shape index (κ3) is 4.47. The van der Waals surface area contributed by atoms with Gasteiger partial charge in [0.05, 0.1) is 0 Å². The Morgan fingerprint density at radius 3 is 2.68 bits per heavy atom. The minimum absolute atomic E-state index is 0.227. The number of ether oxygens (including phenoxy) is 2. The maximum Gasteiger partial charge on any atom is 0.231 e. The van der Waals surface area contributed by atoms with Crippen molar-refractivity contribution in [3.63, 3.8) is 0 Å². The molecule has 2 aliphatic rings. The van der Waals surface area contributed by atoms with Crippen LogP contribution in [0.25, 0.3) is 0 Å². The maximum absolute atomic E-state index is 12.7. The smallest absolute Gasteiger partial charge is 0.231 e. The van der Waals surface area contributed by atoms with E-state index in [-0.39, 0.29) is 5.92 Å². The van der Waals surface area contributed by atoms with Crippen LogP contribution in [0.1, 0.15) is 57.9 Å². The van der Waals surface area contributed by atoms with Crippen LogP contribution >= 0.6 is 0 Å². The van der Waals surface area contributed by atoms with Crippen LogP contribution in [0.2, 0.25) is 0 Å². The lowest BCUT2D eigenvalue weighted by Gasteiger charge is -2.34. The summed E-state index contributed by atoms with van der Waals surface area (Å²) in [7, 11) is 0. The van der Waals surface area contributed by atoms with Crippen LogP contribution in [0, 0.1) is 11.8 Å². The molecule has 4 heteroatoms. The topological polar surface area (TPSA) is 38.8 Å². The molecule has 3 rings (SSSR count). The number of likely N-dealkylation sites (tertiary alicyclic amines) is 1. The van der Waals surface area contributed by atoms with E-state index in [0.29, 0.717) is 18.6 Å². The van der Waals surface area contributed by atoms with E-state index in [1.165, 1.54) is 12.0 Å². The Labute approximate surface area is 151 Å². The van der Waals surface area contributed by atoms with Crippen molar-refractivity contribution >= 4 is 5.91 Å². The van der Waals surface area contributed by atoms with Crippen molar-refractivity contribution in [1.29, 1.82) is 0 Å². The van der Waals surface area contributed by atoms with Crippen molar-refractivity contribution < 1.29 is 14.3 Å². The van der Waals surface area contributed by atoms with Crippen LogP contribution in [0.15, 0.2) is 18.2 Å². The second-order valence-corrected chi connectivity index (χ2v) is 7.41. The lowest BCUT2D eigenvalue weighted by Crippen LogP contribution is -2.42. The number of unbranched alkanes of at least 4 members (excludes halogenated alkanes) is 1. The third-order valence-electron chi connectivity index (χ3n) is 5.64. The van der Waals surface area contributed by atoms with E-state index in [9.17, 15) is 4.79 Å². The Balaban J connectivity index is 1.49. The first-order valence-corrected chi connectivity index (χ1v) is 9.88. The third-order valence-corrected chi connectivity index (χ3v) is 5.64. The molecule has 1 fully saturated rings. The van der Waals surface area contributed by atoms with E-state index in [2.05, 4.69) is 30.9 Å². The van der Waals surface area contributed by atoms with Gasteiger partial charge in [0.15, 0.2) is 11.5 Å². The van der Waals surface area contributed by atoms with Gasteiger partial charge in [0.2, 0.25) is 12.7 Å². The molecule has 1 amide bonds. The fourth-order valence-electron chi connectivity index (χ4n) is 3.97. The van der Waals surface area contributed by atoms with Crippen molar-refractivity contribution in [2.24, 2.45) is 11.8 Å². The van der Waals surface area contributed by atoms with Crippen molar-refractivity contribution in [2.45, 2.75) is 58.8 Å². The summed E-state index contributed by atoms with van der Waals surface area (Å²) in [5, 5.41) is 0. The fraction of sp³-hybridized carbons (Fsp3) is 0.667. The predicted octanol–water partition coefficient (Wildman–Crippen LogP) is 4.41. The van der Waals surface area contributed by atoms with E-state index in [0.717, 1.165) is 63.1 Å². The van der Waals surface area contributed by atoms with Crippen molar-refractivity contribution in [3.05, 3.63) is 23.8 Å². The van der Waals surface area contributed by atoms with Gasteiger partial charge in [-0.15, -0.1) is 0 Å². The summed E-state index contributed by atoms with van der Waals surface area (Å²) in [6.07, 6.45) is 7.60. The van der Waals surface area contributed by atoms with E-state index < -0.39 is 0 Å². The molecule has 138 valence electrons. The minimum atomic E-state index is 0.227. The molecule has 1 unspecified atom stereocenters. The zero-order valence-electron chi connectivity index (χ0n) is 15.6. The van der Waals surface area contributed by atoms with Gasteiger partial charge in [-0.05, 0) is 55.7 Å². The van der Waals surface area contributed by atoms with Gasteiger partial charge in [-0.25, -0.2) is 0 Å². The highest BCUT2D eigenvalue weighted by Crippen LogP contribution is 2.34. The summed E-state index contributed by atoms with van der Waals surface area (Å²) in [5.41, 5.74) is 1.31. The van der Waals surface area contributed by atoms with Gasteiger partial charge in [-0.1, -0.05) is 32.8 Å². The molecule has 2 heterocycles. The lowest BCUT2D eigenvalue weighted by atomic mass is 9.89. The first kappa shape index (κ1) is 18.1. The molecule has 0 aliphatic carbocycles. The average molecular weight is 345 g/mol. The van der Waals surface area contributed by atoms with Gasteiger partial charge in [0, 0.05) is 19.0 Å². The summed E-state index contributed by atoms with van der Waals surface area (Å²) >= 11 is 0. The Bertz CT molecular complexity index is 579. The number of fused-ring (bicyclic) bond motifs is 1. The molecule has 0 bridgehead atoms. The Kier molecular flexibility index (Phi) is 6.22. The number of hydrogen-bond donors (Lipinski definition) is 0. The van der Waals surface area contributed by atoms with Gasteiger partial charge >= 0.3 is 0 Å². The van der Waals surface area contributed by atoms with Crippen LogP contribution in [-0.2, 0) is 11.2 Å². The van der Waals surface area contributed by atoms with E-state index in [4.69, 9.17) is 9.47 Å². The normalized spacial score (nSPS) is 18.4. The molecule has 1 aromatic rings. The highest BCUT2D eigenvalue weighted by Gasteiger charge is 2.27. The van der Waals surface area contributed by atoms with Gasteiger partial charge in [-0.3, -0.25) is 4.79 Å². The number of rotatable bonds is 7. The molecular formula is C21H31NO3. The first-order chi connectivity index (χ1) is 12.2. The summed E-state index contributed by atoms with van der Waals surface area (Å²) in [6.45, 7) is 6.49. The number of amides is 1. The molecule has 2 aliphatic heterocycles. The van der Waals surface area contributed by atoms with Crippen LogP contribution in [0.3, 0.4) is 0 Å². The summed E-state index contributed by atoms with van der Waals surface area (Å²) in [4.78, 5) is 14.8. The molecule has 0 saturated carbocycles. The van der Waals surface area contributed by atoms with Crippen molar-refractivity contribution in [2.75, 3.05) is 19.9 Å². The Morgan fingerprint density at radius 1 is 1.20 bits per heavy atom. The number of carbonyl (C=O) groups is 1. The molecule has 1 atom stereocenters. The maximum atomic E-state index is 12.7. The molecule has 0 N–H and O–H groups in total. The molecular weight excluding hydrogens is 314 g/mol. The summed E-state index contributed by atoms with van der Waals surface area (Å²) in [6, 6.07) is 6.26. The van der Waals surface area contributed by atoms with Gasteiger partial charge < -0.3 is 14.4 Å². The molecule has 0 spiro atoms. The molecule has 0 radical (unpaired) electrons. The van der Waals surface area contributed by atoms with Crippen molar-refractivity contribution in [1.82, 2.24) is 4.90 Å². The molecule has 1 saturated heterocycles. The van der Waals surface area contributed by atoms with Gasteiger partial charge in [-0.2, -0.15) is 0 Å². The van der Waals surface area contributed by atoms with Crippen LogP contribution in [0.4, 0.5) is 0 Å². The van der Waals surface area contributed by atoms with E-state index in [1.807, 2.05) is 6.07 Å². The second kappa shape index (κ2) is 8.59. The molecule has 4 nitrogen and oxygen atoms in total. The van der Waals surface area contributed by atoms with Crippen LogP contribution in [-0.4, -0.2) is 30.7 Å². The van der Waals surface area contributed by atoms with E-state index in [1.54, 1.807) is 0 Å². The minimum Gasteiger partial charge on any atom is -0.454 e. The fourth-order valence-corrected chi connectivity index (χ4v) is 3.97. The van der Waals surface area contributed by atoms with Crippen molar-refractivity contribution in [3.8, 4) is 11.5 Å². The molecule has 25 heavy (non-hydrogen) atoms. The highest BCUT2D eigenvalue weighted by molar-refractivity contribution is 5.78. The lowest BCUT2D eigenvalue weighted by molar-refractivity contribution is -0.137. The Hall–Kier alpha value is -1.71. The second-order valence-electron chi connectivity index (χ2n) is 7.41. The van der Waals surface area contributed by atoms with Gasteiger partial charge in [0.25, 0.3) is 0 Å². The largest absolute Gasteiger partial charge is 0.454 e. The zero-order chi connectivity index (χ0) is 17.6. The van der Waals surface area contributed by atoms with Crippen LogP contribution < -0.4 is 9.47 Å². The first-order valence-electron chi connectivity index (χ1n) is 9.88. The number of hydrogen-bond acceptors (Lipinski definition) is 3. The summed E-state index contributed by atoms with van der Waals surface area (Å²) < 4.78 is 10.9. The monoisotopic (exact) mass is 345 g/mol. The number of carbonyl (C=O) groups excluding carboxylic acids is 1. The standard InChI is InChI=1S/C21H31NO3/c1-3-5-6-18(4-2)21(23)22-11-9-16(10-12-22)13-17-7-8-19-20(14-17)25-15-24-19/h7-8,14,16,18H,3-6,9-13,15H2,1-2H3. The number of benzene rings is 1. The predicted molar refractivity (Wildman–Crippen MR) is 98.9 cm³/mol. The number of piperidine rings is 1. The Morgan fingerprint density at radius 2 is 1.96 bits per heavy atom. The van der Waals surface area contributed by atoms with Crippen LogP contribution in [0.5, 0.6) is 11.5 Å². The molecule has 0 aromatic heterocycles. The summed E-state index contributed by atoms with van der Waals surface area (Å²) in [5.74, 6) is 2.98.